The SMILES string of the molecule is C[C@H](N)C(=O)NC[C@@H]1CC[C@@H](CCB(O)O)C[C@]1(N)C(=O)O.Cl.Cl. The lowest BCUT2D eigenvalue weighted by molar-refractivity contribution is -0.148. The van der Waals surface area contributed by atoms with Gasteiger partial charge in [-0.05, 0) is 38.4 Å². The minimum Gasteiger partial charge on any atom is -0.480 e. The summed E-state index contributed by atoms with van der Waals surface area (Å²) in [5.41, 5.74) is 10.1. The summed E-state index contributed by atoms with van der Waals surface area (Å²) in [4.78, 5) is 23.1. The topological polar surface area (TPSA) is 159 Å². The molecule has 4 atom stereocenters. The van der Waals surface area contributed by atoms with Gasteiger partial charge in [0.1, 0.15) is 5.54 Å². The first-order valence-corrected chi connectivity index (χ1v) is 7.58. The van der Waals surface area contributed by atoms with Crippen LogP contribution in [0.4, 0.5) is 0 Å². The van der Waals surface area contributed by atoms with E-state index in [9.17, 15) is 14.7 Å². The van der Waals surface area contributed by atoms with Crippen LogP contribution in [0.1, 0.15) is 32.6 Å². The Morgan fingerprint density at radius 2 is 1.92 bits per heavy atom. The van der Waals surface area contributed by atoms with Crippen LogP contribution >= 0.6 is 24.8 Å². The second kappa shape index (κ2) is 11.1. The fourth-order valence-electron chi connectivity index (χ4n) is 3.00. The van der Waals surface area contributed by atoms with E-state index in [1.807, 2.05) is 0 Å². The number of nitrogens with two attached hydrogens (primary N) is 2. The predicted octanol–water partition coefficient (Wildman–Crippen LogP) is -0.645. The quantitative estimate of drug-likeness (QED) is 0.316. The van der Waals surface area contributed by atoms with E-state index < -0.39 is 24.7 Å². The van der Waals surface area contributed by atoms with Crippen molar-refractivity contribution in [3.8, 4) is 0 Å². The number of amides is 1. The van der Waals surface area contributed by atoms with Gasteiger partial charge in [-0.1, -0.05) is 6.42 Å². The molecule has 24 heavy (non-hydrogen) atoms. The van der Waals surface area contributed by atoms with Gasteiger partial charge in [0.25, 0.3) is 0 Å². The van der Waals surface area contributed by atoms with Crippen molar-refractivity contribution in [2.24, 2.45) is 23.3 Å². The van der Waals surface area contributed by atoms with Crippen molar-refractivity contribution in [2.75, 3.05) is 6.54 Å². The normalized spacial score (nSPS) is 27.2. The van der Waals surface area contributed by atoms with Crippen LogP contribution in [-0.2, 0) is 9.59 Å². The molecule has 11 heteroatoms. The molecule has 0 unspecified atom stereocenters. The van der Waals surface area contributed by atoms with Gasteiger partial charge in [-0.3, -0.25) is 9.59 Å². The van der Waals surface area contributed by atoms with Crippen LogP contribution < -0.4 is 16.8 Å². The van der Waals surface area contributed by atoms with Gasteiger partial charge in [0, 0.05) is 12.5 Å². The van der Waals surface area contributed by atoms with Gasteiger partial charge in [0.2, 0.25) is 5.91 Å². The number of nitrogens with one attached hydrogen (secondary N) is 1. The Hall–Kier alpha value is -0.575. The third-order valence-electron chi connectivity index (χ3n) is 4.45. The van der Waals surface area contributed by atoms with Gasteiger partial charge in [0.15, 0.2) is 0 Å². The number of carboxylic acid groups (broad SMARTS) is 1. The molecule has 0 heterocycles. The Bertz CT molecular complexity index is 417. The molecule has 0 aromatic heterocycles. The van der Waals surface area contributed by atoms with E-state index in [0.717, 1.165) is 6.42 Å². The van der Waals surface area contributed by atoms with E-state index in [2.05, 4.69) is 5.32 Å². The van der Waals surface area contributed by atoms with Crippen LogP contribution in [0.5, 0.6) is 0 Å². The molecular weight excluding hydrogens is 360 g/mol. The summed E-state index contributed by atoms with van der Waals surface area (Å²) in [5, 5.41) is 30.0. The largest absolute Gasteiger partial charge is 0.480 e. The van der Waals surface area contributed by atoms with Gasteiger partial charge < -0.3 is 31.9 Å². The Kier molecular flexibility index (Phi) is 11.9. The zero-order chi connectivity index (χ0) is 16.9. The highest BCUT2D eigenvalue weighted by Gasteiger charge is 2.46. The number of hydrogen-bond acceptors (Lipinski definition) is 6. The molecule has 8 N–H and O–H groups in total. The monoisotopic (exact) mass is 387 g/mol. The number of hydrogen-bond donors (Lipinski definition) is 6. The van der Waals surface area contributed by atoms with E-state index in [-0.39, 0.29) is 61.8 Å². The lowest BCUT2D eigenvalue weighted by Gasteiger charge is -2.41. The van der Waals surface area contributed by atoms with E-state index >= 15 is 0 Å². The zero-order valence-electron chi connectivity index (χ0n) is 13.7. The zero-order valence-corrected chi connectivity index (χ0v) is 15.3. The molecule has 0 aliphatic heterocycles. The number of carboxylic acids is 1. The van der Waals surface area contributed by atoms with Crippen molar-refractivity contribution in [3.05, 3.63) is 0 Å². The molecule has 1 aliphatic rings. The van der Waals surface area contributed by atoms with Crippen LogP contribution in [0.15, 0.2) is 0 Å². The van der Waals surface area contributed by atoms with Crippen molar-refractivity contribution in [1.82, 2.24) is 5.32 Å². The van der Waals surface area contributed by atoms with Crippen molar-refractivity contribution in [3.63, 3.8) is 0 Å². The van der Waals surface area contributed by atoms with Crippen molar-refractivity contribution in [2.45, 2.75) is 50.5 Å². The highest BCUT2D eigenvalue weighted by molar-refractivity contribution is 6.40. The number of aliphatic carboxylic acids is 1. The Morgan fingerprint density at radius 3 is 2.38 bits per heavy atom. The summed E-state index contributed by atoms with van der Waals surface area (Å²) in [6.07, 6.45) is 2.29. The maximum Gasteiger partial charge on any atom is 0.451 e. The fraction of sp³-hybridized carbons (Fsp3) is 0.846. The molecule has 1 rings (SSSR count). The smallest absolute Gasteiger partial charge is 0.451 e. The van der Waals surface area contributed by atoms with Crippen LogP contribution in [0.3, 0.4) is 0 Å². The summed E-state index contributed by atoms with van der Waals surface area (Å²) >= 11 is 0. The maximum atomic E-state index is 11.6. The first-order chi connectivity index (χ1) is 10.2. The van der Waals surface area contributed by atoms with Crippen molar-refractivity contribution >= 4 is 43.8 Å². The van der Waals surface area contributed by atoms with E-state index in [0.29, 0.717) is 12.8 Å². The minimum absolute atomic E-state index is 0. The van der Waals surface area contributed by atoms with Crippen LogP contribution in [-0.4, -0.2) is 52.3 Å². The summed E-state index contributed by atoms with van der Waals surface area (Å²) in [6.45, 7) is 1.73. The fourth-order valence-corrected chi connectivity index (χ4v) is 3.00. The molecule has 1 amide bonds. The molecule has 0 aromatic rings. The van der Waals surface area contributed by atoms with E-state index in [1.165, 1.54) is 0 Å². The molecule has 0 aromatic carbocycles. The first-order valence-electron chi connectivity index (χ1n) is 7.58. The van der Waals surface area contributed by atoms with Crippen LogP contribution in [0.2, 0.25) is 6.32 Å². The summed E-state index contributed by atoms with van der Waals surface area (Å²) in [6, 6.07) is -0.653. The summed E-state index contributed by atoms with van der Waals surface area (Å²) < 4.78 is 0. The Morgan fingerprint density at radius 1 is 1.33 bits per heavy atom. The first kappa shape index (κ1) is 25.7. The molecule has 1 aliphatic carbocycles. The molecule has 0 spiro atoms. The molecule has 1 saturated carbocycles. The number of halogens is 2. The van der Waals surface area contributed by atoms with Gasteiger partial charge in [-0.2, -0.15) is 0 Å². The Balaban J connectivity index is 0. The molecular formula is C13H28BCl2N3O5. The highest BCUT2D eigenvalue weighted by atomic mass is 35.5. The number of rotatable bonds is 7. The van der Waals surface area contributed by atoms with Gasteiger partial charge in [-0.15, -0.1) is 24.8 Å². The van der Waals surface area contributed by atoms with Crippen LogP contribution in [0, 0.1) is 11.8 Å². The number of carbonyl (C=O) groups is 2. The second-order valence-corrected chi connectivity index (χ2v) is 6.28. The van der Waals surface area contributed by atoms with Gasteiger partial charge in [-0.25, -0.2) is 0 Å². The molecule has 0 bridgehead atoms. The Labute approximate surface area is 154 Å². The molecule has 1 fully saturated rings. The van der Waals surface area contributed by atoms with Crippen molar-refractivity contribution in [1.29, 1.82) is 0 Å². The number of carbonyl (C=O) groups excluding carboxylic acids is 1. The highest BCUT2D eigenvalue weighted by Crippen LogP contribution is 2.37. The molecule has 0 saturated heterocycles. The van der Waals surface area contributed by atoms with Gasteiger partial charge >= 0.3 is 13.1 Å². The third kappa shape index (κ3) is 7.12. The average Bonchev–Trinajstić information content (AvgIpc) is 2.43. The van der Waals surface area contributed by atoms with E-state index in [4.69, 9.17) is 21.5 Å². The lowest BCUT2D eigenvalue weighted by atomic mass is 9.66. The van der Waals surface area contributed by atoms with Crippen molar-refractivity contribution < 1.29 is 24.7 Å². The summed E-state index contributed by atoms with van der Waals surface area (Å²) in [7, 11) is -1.39. The minimum atomic E-state index is -1.42. The van der Waals surface area contributed by atoms with Crippen LogP contribution in [0.25, 0.3) is 0 Å². The van der Waals surface area contributed by atoms with Gasteiger partial charge in [0.05, 0.1) is 6.04 Å². The molecule has 142 valence electrons. The molecule has 8 nitrogen and oxygen atoms in total. The molecule has 0 radical (unpaired) electrons. The second-order valence-electron chi connectivity index (χ2n) is 6.28. The predicted molar refractivity (Wildman–Crippen MR) is 96.2 cm³/mol. The third-order valence-corrected chi connectivity index (χ3v) is 4.45. The summed E-state index contributed by atoms with van der Waals surface area (Å²) in [5.74, 6) is -1.77. The van der Waals surface area contributed by atoms with E-state index in [1.54, 1.807) is 6.92 Å². The average molecular weight is 388 g/mol. The maximum absolute atomic E-state index is 11.6. The lowest BCUT2D eigenvalue weighted by Crippen LogP contribution is -2.60. The standard InChI is InChI=1S/C13H26BN3O5.2ClH/c1-8(15)11(18)17-7-10-3-2-9(4-5-14(21)22)6-13(10,16)12(19)20;;/h8-10,21-22H,2-7,15-16H2,1H3,(H,17,18)(H,19,20);2*1H/t8-,9-,10-,13+;;/m0../s1.